The van der Waals surface area contributed by atoms with Crippen molar-refractivity contribution in [2.24, 2.45) is 0 Å². The van der Waals surface area contributed by atoms with E-state index in [0.717, 1.165) is 5.56 Å². The third kappa shape index (κ3) is 2.55. The van der Waals surface area contributed by atoms with Crippen LogP contribution in [-0.2, 0) is 0 Å². The highest BCUT2D eigenvalue weighted by molar-refractivity contribution is 5.93. The van der Waals surface area contributed by atoms with Crippen LogP contribution in [0.5, 0.6) is 0 Å². The molecule has 1 amide bonds. The molecule has 0 aromatic heterocycles. The smallest absolute Gasteiger partial charge is 0.253 e. The first-order valence-electron chi connectivity index (χ1n) is 3.48. The third-order valence-corrected chi connectivity index (χ3v) is 1.43. The van der Waals surface area contributed by atoms with Crippen LogP contribution < -0.4 is 0 Å². The monoisotopic (exact) mass is 185 g/mol. The lowest BCUT2D eigenvalue weighted by Gasteiger charge is -2.08. The normalized spacial score (nSPS) is 8.50. The number of benzene rings is 1. The molecule has 12 heavy (non-hydrogen) atoms. The highest BCUT2D eigenvalue weighted by Gasteiger charge is 2.04. The van der Waals surface area contributed by atoms with Crippen LogP contribution >= 0.6 is 12.4 Å². The van der Waals surface area contributed by atoms with Gasteiger partial charge in [0.1, 0.15) is 0 Å². The first-order chi connectivity index (χ1) is 5.22. The Hall–Kier alpha value is -1.02. The van der Waals surface area contributed by atoms with Crippen molar-refractivity contribution in [3.05, 3.63) is 35.9 Å². The number of rotatable bonds is 1. The Morgan fingerprint density at radius 3 is 2.08 bits per heavy atom. The molecule has 0 fully saturated rings. The quantitative estimate of drug-likeness (QED) is 0.654. The zero-order valence-corrected chi connectivity index (χ0v) is 7.97. The van der Waals surface area contributed by atoms with E-state index >= 15 is 0 Å². The molecule has 0 saturated carbocycles. The summed E-state index contributed by atoms with van der Waals surface area (Å²) in [5.41, 5.74) is 0.734. The molecule has 0 aliphatic rings. The van der Waals surface area contributed by atoms with Crippen LogP contribution in [0.4, 0.5) is 0 Å². The molecule has 0 spiro atoms. The van der Waals surface area contributed by atoms with Gasteiger partial charge >= 0.3 is 0 Å². The Morgan fingerprint density at radius 2 is 1.67 bits per heavy atom. The van der Waals surface area contributed by atoms with E-state index in [1.807, 2.05) is 30.3 Å². The molecule has 3 heteroatoms. The minimum atomic E-state index is 0. The summed E-state index contributed by atoms with van der Waals surface area (Å²) in [5.74, 6) is 0.0469. The summed E-state index contributed by atoms with van der Waals surface area (Å²) in [5, 5.41) is 0. The van der Waals surface area contributed by atoms with Crippen LogP contribution in [0.15, 0.2) is 30.3 Å². The fourth-order valence-corrected chi connectivity index (χ4v) is 0.839. The number of hydrogen-bond donors (Lipinski definition) is 0. The highest BCUT2D eigenvalue weighted by atomic mass is 35.5. The molecule has 0 unspecified atom stereocenters. The van der Waals surface area contributed by atoms with E-state index in [1.54, 1.807) is 19.0 Å². The summed E-state index contributed by atoms with van der Waals surface area (Å²) in [7, 11) is 3.49. The topological polar surface area (TPSA) is 20.3 Å². The number of carbonyl (C=O) groups is 1. The Bertz CT molecular complexity index is 246. The molecule has 0 heterocycles. The summed E-state index contributed by atoms with van der Waals surface area (Å²) in [6, 6.07) is 9.23. The van der Waals surface area contributed by atoms with E-state index in [1.165, 1.54) is 0 Å². The van der Waals surface area contributed by atoms with Crippen LogP contribution in [0, 0.1) is 0 Å². The fourth-order valence-electron chi connectivity index (χ4n) is 0.839. The summed E-state index contributed by atoms with van der Waals surface area (Å²) >= 11 is 0. The minimum absolute atomic E-state index is 0. The molecule has 1 aromatic rings. The number of amides is 1. The molecule has 0 saturated heterocycles. The average molecular weight is 186 g/mol. The van der Waals surface area contributed by atoms with Crippen LogP contribution in [0.25, 0.3) is 0 Å². The molecule has 2 nitrogen and oxygen atoms in total. The standard InChI is InChI=1S/C9H11NO.ClH/c1-10(2)9(11)8-6-4-3-5-7-8;/h3-7H,1-2H3;1H. The van der Waals surface area contributed by atoms with E-state index in [0.29, 0.717) is 0 Å². The van der Waals surface area contributed by atoms with Gasteiger partial charge in [0.15, 0.2) is 0 Å². The van der Waals surface area contributed by atoms with Gasteiger partial charge in [-0.1, -0.05) is 18.2 Å². The fraction of sp³-hybridized carbons (Fsp3) is 0.222. The lowest BCUT2D eigenvalue weighted by atomic mass is 10.2. The zero-order chi connectivity index (χ0) is 8.27. The zero-order valence-electron chi connectivity index (χ0n) is 7.15. The second kappa shape index (κ2) is 4.78. The number of nitrogens with zero attached hydrogens (tertiary/aromatic N) is 1. The van der Waals surface area contributed by atoms with Crippen molar-refractivity contribution >= 4 is 18.3 Å². The Morgan fingerprint density at radius 1 is 1.17 bits per heavy atom. The number of carbonyl (C=O) groups excluding carboxylic acids is 1. The van der Waals surface area contributed by atoms with Gasteiger partial charge in [0.05, 0.1) is 0 Å². The van der Waals surface area contributed by atoms with Crippen molar-refractivity contribution in [3.8, 4) is 0 Å². The van der Waals surface area contributed by atoms with E-state index in [2.05, 4.69) is 0 Å². The molecule has 1 rings (SSSR count). The Kier molecular flexibility index (Phi) is 4.37. The van der Waals surface area contributed by atoms with Gasteiger partial charge in [-0.2, -0.15) is 0 Å². The summed E-state index contributed by atoms with van der Waals surface area (Å²) in [6.45, 7) is 0. The molecule has 0 N–H and O–H groups in total. The van der Waals surface area contributed by atoms with Crippen molar-refractivity contribution in [2.45, 2.75) is 0 Å². The van der Waals surface area contributed by atoms with Crippen molar-refractivity contribution in [1.29, 1.82) is 0 Å². The second-order valence-electron chi connectivity index (χ2n) is 2.57. The second-order valence-corrected chi connectivity index (χ2v) is 2.57. The molecule has 66 valence electrons. The third-order valence-electron chi connectivity index (χ3n) is 1.43. The summed E-state index contributed by atoms with van der Waals surface area (Å²) < 4.78 is 0. The largest absolute Gasteiger partial charge is 0.345 e. The predicted molar refractivity (Wildman–Crippen MR) is 51.7 cm³/mol. The van der Waals surface area contributed by atoms with Crippen molar-refractivity contribution < 1.29 is 4.79 Å². The van der Waals surface area contributed by atoms with E-state index in [-0.39, 0.29) is 18.3 Å². The van der Waals surface area contributed by atoms with Gasteiger partial charge in [-0.25, -0.2) is 0 Å². The molecule has 0 bridgehead atoms. The van der Waals surface area contributed by atoms with Gasteiger partial charge in [-0.15, -0.1) is 12.4 Å². The molecular formula is C9H12ClNO. The highest BCUT2D eigenvalue weighted by Crippen LogP contribution is 2.00. The first-order valence-corrected chi connectivity index (χ1v) is 3.48. The van der Waals surface area contributed by atoms with Gasteiger partial charge in [0, 0.05) is 19.7 Å². The van der Waals surface area contributed by atoms with Crippen molar-refractivity contribution in [3.63, 3.8) is 0 Å². The van der Waals surface area contributed by atoms with Crippen LogP contribution in [0.3, 0.4) is 0 Å². The van der Waals surface area contributed by atoms with Gasteiger partial charge < -0.3 is 4.90 Å². The van der Waals surface area contributed by atoms with E-state index in [9.17, 15) is 4.79 Å². The minimum Gasteiger partial charge on any atom is -0.345 e. The maximum Gasteiger partial charge on any atom is 0.253 e. The lowest BCUT2D eigenvalue weighted by Crippen LogP contribution is -2.21. The first kappa shape index (κ1) is 11.0. The maximum absolute atomic E-state index is 11.3. The van der Waals surface area contributed by atoms with Gasteiger partial charge in [-0.3, -0.25) is 4.79 Å². The number of hydrogen-bond acceptors (Lipinski definition) is 1. The van der Waals surface area contributed by atoms with Gasteiger partial charge in [-0.05, 0) is 12.1 Å². The van der Waals surface area contributed by atoms with E-state index in [4.69, 9.17) is 0 Å². The van der Waals surface area contributed by atoms with Crippen molar-refractivity contribution in [2.75, 3.05) is 14.1 Å². The summed E-state index contributed by atoms with van der Waals surface area (Å²) in [6.07, 6.45) is 0. The molecular weight excluding hydrogens is 174 g/mol. The SMILES string of the molecule is CN(C)C(=O)c1ccccc1.Cl. The molecule has 0 radical (unpaired) electrons. The maximum atomic E-state index is 11.3. The molecule has 0 atom stereocenters. The van der Waals surface area contributed by atoms with Gasteiger partial charge in [0.2, 0.25) is 0 Å². The number of halogens is 1. The van der Waals surface area contributed by atoms with Crippen molar-refractivity contribution in [1.82, 2.24) is 4.90 Å². The van der Waals surface area contributed by atoms with E-state index < -0.39 is 0 Å². The Labute approximate surface area is 78.6 Å². The molecule has 0 aliphatic heterocycles. The average Bonchev–Trinajstić information content (AvgIpc) is 2.05. The Balaban J connectivity index is 0.00000121. The summed E-state index contributed by atoms with van der Waals surface area (Å²) in [4.78, 5) is 12.8. The van der Waals surface area contributed by atoms with Crippen LogP contribution in [0.1, 0.15) is 10.4 Å². The van der Waals surface area contributed by atoms with Gasteiger partial charge in [0.25, 0.3) is 5.91 Å². The van der Waals surface area contributed by atoms with Crippen LogP contribution in [-0.4, -0.2) is 24.9 Å². The van der Waals surface area contributed by atoms with Crippen LogP contribution in [0.2, 0.25) is 0 Å². The molecule has 1 aromatic carbocycles. The molecule has 0 aliphatic carbocycles. The lowest BCUT2D eigenvalue weighted by molar-refractivity contribution is 0.0827. The predicted octanol–water partition coefficient (Wildman–Crippen LogP) is 1.81.